The summed E-state index contributed by atoms with van der Waals surface area (Å²) in [4.78, 5) is 30.7. The van der Waals surface area contributed by atoms with Gasteiger partial charge in [0.1, 0.15) is 12.9 Å². The first kappa shape index (κ1) is 14.6. The Bertz CT molecular complexity index is 479. The number of anilines is 1. The number of esters is 1. The number of nitro groups is 1. The van der Waals surface area contributed by atoms with Gasteiger partial charge in [0.25, 0.3) is 5.88 Å². The van der Waals surface area contributed by atoms with Crippen LogP contribution in [0.3, 0.4) is 0 Å². The molecule has 9 nitrogen and oxygen atoms in total. The minimum atomic E-state index is -0.645. The van der Waals surface area contributed by atoms with Crippen LogP contribution >= 0.6 is 0 Å². The van der Waals surface area contributed by atoms with Crippen LogP contribution in [0.4, 0.5) is 11.5 Å². The largest absolute Gasteiger partial charge is 0.476 e. The van der Waals surface area contributed by atoms with E-state index in [0.29, 0.717) is 6.54 Å². The first-order chi connectivity index (χ1) is 9.04. The van der Waals surface area contributed by atoms with Crippen LogP contribution in [0.25, 0.3) is 0 Å². The van der Waals surface area contributed by atoms with Crippen molar-refractivity contribution in [2.24, 2.45) is 0 Å². The van der Waals surface area contributed by atoms with Crippen molar-refractivity contribution in [3.05, 3.63) is 16.4 Å². The summed E-state index contributed by atoms with van der Waals surface area (Å²) in [5.74, 6) is -0.656. The number of ether oxygens (including phenoxy) is 2. The van der Waals surface area contributed by atoms with E-state index in [0.717, 1.165) is 6.33 Å². The van der Waals surface area contributed by atoms with Gasteiger partial charge >= 0.3 is 11.7 Å². The first-order valence-corrected chi connectivity index (χ1v) is 5.40. The number of likely N-dealkylation sites (N-methyl/N-ethyl adjacent to an activating group) is 1. The number of nitrogens with zero attached hydrogens (tertiary/aromatic N) is 4. The van der Waals surface area contributed by atoms with Crippen molar-refractivity contribution in [2.45, 2.75) is 6.92 Å². The molecule has 1 rings (SSSR count). The second-order valence-electron chi connectivity index (χ2n) is 3.40. The van der Waals surface area contributed by atoms with E-state index in [1.165, 1.54) is 19.1 Å². The molecule has 1 heterocycles. The Hall–Kier alpha value is -2.45. The molecule has 1 aromatic rings. The maximum atomic E-state index is 11.3. The molecule has 0 aliphatic carbocycles. The Balaban J connectivity index is 3.23. The van der Waals surface area contributed by atoms with Crippen molar-refractivity contribution in [1.29, 1.82) is 0 Å². The van der Waals surface area contributed by atoms with Gasteiger partial charge in [-0.3, -0.25) is 14.9 Å². The molecule has 0 N–H and O–H groups in total. The van der Waals surface area contributed by atoms with Crippen LogP contribution in [0.1, 0.15) is 6.92 Å². The monoisotopic (exact) mass is 270 g/mol. The lowest BCUT2D eigenvalue weighted by Crippen LogP contribution is -2.31. The maximum Gasteiger partial charge on any atom is 0.372 e. The molecule has 0 saturated carbocycles. The normalized spacial score (nSPS) is 9.84. The number of carbonyl (C=O) groups excluding carboxylic acids is 1. The van der Waals surface area contributed by atoms with Crippen LogP contribution in [0.5, 0.6) is 5.88 Å². The molecule has 0 fully saturated rings. The van der Waals surface area contributed by atoms with Gasteiger partial charge in [-0.15, -0.1) is 0 Å². The highest BCUT2D eigenvalue weighted by Crippen LogP contribution is 2.32. The Kier molecular flexibility index (Phi) is 4.98. The molecule has 0 radical (unpaired) electrons. The van der Waals surface area contributed by atoms with E-state index in [2.05, 4.69) is 14.7 Å². The van der Waals surface area contributed by atoms with Gasteiger partial charge in [0.05, 0.1) is 19.1 Å². The van der Waals surface area contributed by atoms with Gasteiger partial charge < -0.3 is 14.4 Å². The van der Waals surface area contributed by atoms with Crippen LogP contribution < -0.4 is 9.64 Å². The van der Waals surface area contributed by atoms with Gasteiger partial charge in [-0.25, -0.2) is 4.98 Å². The number of hydrogen-bond donors (Lipinski definition) is 0. The molecular formula is C10H14N4O5. The number of carbonyl (C=O) groups is 1. The molecule has 0 aliphatic heterocycles. The number of rotatable bonds is 6. The van der Waals surface area contributed by atoms with Crippen molar-refractivity contribution in [2.75, 3.05) is 32.2 Å². The summed E-state index contributed by atoms with van der Waals surface area (Å²) in [6.07, 6.45) is 1.14. The average Bonchev–Trinajstić information content (AvgIpc) is 2.43. The quantitative estimate of drug-likeness (QED) is 0.415. The van der Waals surface area contributed by atoms with Crippen molar-refractivity contribution >= 4 is 17.5 Å². The minimum Gasteiger partial charge on any atom is -0.476 e. The summed E-state index contributed by atoms with van der Waals surface area (Å²) < 4.78 is 9.37. The van der Waals surface area contributed by atoms with Crippen LogP contribution in [-0.4, -0.2) is 48.2 Å². The summed E-state index contributed by atoms with van der Waals surface area (Å²) >= 11 is 0. The molecule has 0 unspecified atom stereocenters. The van der Waals surface area contributed by atoms with E-state index in [1.807, 2.05) is 0 Å². The van der Waals surface area contributed by atoms with Gasteiger partial charge in [-0.05, 0) is 6.92 Å². The SMILES string of the molecule is CCN(CC(=O)OC)c1ncnc(OC)c1[N+](=O)[O-]. The Morgan fingerprint density at radius 2 is 2.16 bits per heavy atom. The minimum absolute atomic E-state index is 0.0183. The summed E-state index contributed by atoms with van der Waals surface area (Å²) in [5.41, 5.74) is -0.379. The van der Waals surface area contributed by atoms with Crippen molar-refractivity contribution in [3.8, 4) is 5.88 Å². The number of methoxy groups -OCH3 is 2. The molecule has 0 spiro atoms. The van der Waals surface area contributed by atoms with Gasteiger partial charge in [-0.1, -0.05) is 0 Å². The van der Waals surface area contributed by atoms with E-state index in [4.69, 9.17) is 4.74 Å². The zero-order valence-corrected chi connectivity index (χ0v) is 10.8. The molecule has 0 atom stereocenters. The fourth-order valence-electron chi connectivity index (χ4n) is 1.45. The number of hydrogen-bond acceptors (Lipinski definition) is 8. The van der Waals surface area contributed by atoms with E-state index < -0.39 is 10.9 Å². The molecule has 104 valence electrons. The Morgan fingerprint density at radius 1 is 1.47 bits per heavy atom. The Morgan fingerprint density at radius 3 is 2.63 bits per heavy atom. The molecule has 0 aliphatic rings. The predicted molar refractivity (Wildman–Crippen MR) is 65.1 cm³/mol. The van der Waals surface area contributed by atoms with Gasteiger partial charge in [0.2, 0.25) is 5.82 Å². The lowest BCUT2D eigenvalue weighted by molar-refractivity contribution is -0.385. The third-order valence-electron chi connectivity index (χ3n) is 2.37. The maximum absolute atomic E-state index is 11.3. The lowest BCUT2D eigenvalue weighted by atomic mass is 10.4. The molecule has 19 heavy (non-hydrogen) atoms. The molecule has 0 aromatic carbocycles. The van der Waals surface area contributed by atoms with Gasteiger partial charge in [0, 0.05) is 6.54 Å². The smallest absolute Gasteiger partial charge is 0.372 e. The summed E-state index contributed by atoms with van der Waals surface area (Å²) in [5, 5.41) is 11.1. The first-order valence-electron chi connectivity index (χ1n) is 5.40. The second-order valence-corrected chi connectivity index (χ2v) is 3.40. The standard InChI is InChI=1S/C10H14N4O5/c1-4-13(5-7(15)18-2)9-8(14(16)17)10(19-3)12-6-11-9/h6H,4-5H2,1-3H3. The molecule has 0 saturated heterocycles. The van der Waals surface area contributed by atoms with E-state index in [9.17, 15) is 14.9 Å². The summed E-state index contributed by atoms with van der Waals surface area (Å²) in [7, 11) is 2.51. The predicted octanol–water partition coefficient (Wildman–Crippen LogP) is 0.393. The van der Waals surface area contributed by atoms with Crippen molar-refractivity contribution < 1.29 is 19.2 Å². The molecular weight excluding hydrogens is 256 g/mol. The lowest BCUT2D eigenvalue weighted by Gasteiger charge is -2.20. The fourth-order valence-corrected chi connectivity index (χ4v) is 1.45. The van der Waals surface area contributed by atoms with Crippen LogP contribution in [0, 0.1) is 10.1 Å². The molecule has 0 bridgehead atoms. The third-order valence-corrected chi connectivity index (χ3v) is 2.37. The topological polar surface area (TPSA) is 108 Å². The Labute approximate surface area is 109 Å². The highest BCUT2D eigenvalue weighted by atomic mass is 16.6. The van der Waals surface area contributed by atoms with Crippen LogP contribution in [0.15, 0.2) is 6.33 Å². The highest BCUT2D eigenvalue weighted by Gasteiger charge is 2.28. The van der Waals surface area contributed by atoms with E-state index in [-0.39, 0.29) is 23.9 Å². The highest BCUT2D eigenvalue weighted by molar-refractivity contribution is 5.77. The van der Waals surface area contributed by atoms with Crippen LogP contribution in [-0.2, 0) is 9.53 Å². The zero-order chi connectivity index (χ0) is 14.4. The van der Waals surface area contributed by atoms with Crippen molar-refractivity contribution in [3.63, 3.8) is 0 Å². The van der Waals surface area contributed by atoms with Crippen molar-refractivity contribution in [1.82, 2.24) is 9.97 Å². The zero-order valence-electron chi connectivity index (χ0n) is 10.8. The van der Waals surface area contributed by atoms with Gasteiger partial charge in [0.15, 0.2) is 0 Å². The molecule has 9 heteroatoms. The van der Waals surface area contributed by atoms with Gasteiger partial charge in [-0.2, -0.15) is 4.98 Å². The average molecular weight is 270 g/mol. The van der Waals surface area contributed by atoms with E-state index in [1.54, 1.807) is 6.92 Å². The number of aromatic nitrogens is 2. The summed E-state index contributed by atoms with van der Waals surface area (Å²) in [6, 6.07) is 0. The second kappa shape index (κ2) is 6.47. The van der Waals surface area contributed by atoms with E-state index >= 15 is 0 Å². The third kappa shape index (κ3) is 3.27. The fraction of sp³-hybridized carbons (Fsp3) is 0.500. The summed E-state index contributed by atoms with van der Waals surface area (Å²) in [6.45, 7) is 1.94. The molecule has 0 amide bonds. The van der Waals surface area contributed by atoms with Crippen LogP contribution in [0.2, 0.25) is 0 Å². The molecule has 1 aromatic heterocycles.